The molecule has 0 fully saturated rings. The summed E-state index contributed by atoms with van der Waals surface area (Å²) in [5, 5.41) is 20.4. The second-order valence-electron chi connectivity index (χ2n) is 5.33. The molecule has 0 saturated carbocycles. The molecule has 0 bridgehead atoms. The highest BCUT2D eigenvalue weighted by molar-refractivity contribution is 5.80. The Bertz CT molecular complexity index is 534. The quantitative estimate of drug-likeness (QED) is 0.800. The minimum atomic E-state index is -0.0987. The fourth-order valence-electron chi connectivity index (χ4n) is 2.01. The van der Waals surface area contributed by atoms with Crippen molar-refractivity contribution in [1.29, 1.82) is 10.5 Å². The van der Waals surface area contributed by atoms with Crippen LogP contribution in [0.3, 0.4) is 0 Å². The summed E-state index contributed by atoms with van der Waals surface area (Å²) in [7, 11) is 0. The van der Waals surface area contributed by atoms with Crippen LogP contribution in [0.2, 0.25) is 0 Å². The van der Waals surface area contributed by atoms with Crippen molar-refractivity contribution in [3.05, 3.63) is 29.8 Å². The lowest BCUT2D eigenvalue weighted by molar-refractivity contribution is -0.129. The van der Waals surface area contributed by atoms with Crippen molar-refractivity contribution in [2.45, 2.75) is 32.6 Å². The van der Waals surface area contributed by atoms with Crippen molar-refractivity contribution >= 4 is 11.6 Å². The third-order valence-corrected chi connectivity index (χ3v) is 3.36. The molecule has 1 amide bonds. The molecule has 5 nitrogen and oxygen atoms in total. The van der Waals surface area contributed by atoms with E-state index in [2.05, 4.69) is 19.2 Å². The number of nitrogens with zero attached hydrogens (tertiary/aromatic N) is 3. The fraction of sp³-hybridized carbons (Fsp3) is 0.471. The zero-order valence-electron chi connectivity index (χ0n) is 13.2. The number of benzene rings is 1. The molecule has 22 heavy (non-hydrogen) atoms. The molecule has 0 aromatic heterocycles. The van der Waals surface area contributed by atoms with Crippen LogP contribution in [0.4, 0.5) is 5.69 Å². The normalized spacial score (nSPS) is 9.86. The lowest BCUT2D eigenvalue weighted by atomic mass is 10.0. The molecule has 5 heteroatoms. The second-order valence-corrected chi connectivity index (χ2v) is 5.33. The van der Waals surface area contributed by atoms with Gasteiger partial charge in [-0.15, -0.1) is 0 Å². The Morgan fingerprint density at radius 3 is 2.14 bits per heavy atom. The Balaban J connectivity index is 2.54. The summed E-state index contributed by atoms with van der Waals surface area (Å²) in [6, 6.07) is 12.0. The van der Waals surface area contributed by atoms with E-state index in [1.165, 1.54) is 5.56 Å². The van der Waals surface area contributed by atoms with Gasteiger partial charge in [0, 0.05) is 18.8 Å². The number of nitriles is 2. The van der Waals surface area contributed by atoms with Crippen molar-refractivity contribution in [1.82, 2.24) is 4.90 Å². The van der Waals surface area contributed by atoms with Gasteiger partial charge in [-0.2, -0.15) is 10.5 Å². The molecule has 116 valence electrons. The Morgan fingerprint density at radius 2 is 1.68 bits per heavy atom. The van der Waals surface area contributed by atoms with Crippen molar-refractivity contribution in [2.24, 2.45) is 0 Å². The van der Waals surface area contributed by atoms with Crippen LogP contribution in [-0.2, 0) is 4.79 Å². The van der Waals surface area contributed by atoms with Crippen molar-refractivity contribution in [3.8, 4) is 12.1 Å². The molecule has 1 aromatic carbocycles. The van der Waals surface area contributed by atoms with Crippen LogP contribution >= 0.6 is 0 Å². The van der Waals surface area contributed by atoms with E-state index < -0.39 is 0 Å². The van der Waals surface area contributed by atoms with Crippen LogP contribution in [0.1, 0.15) is 38.2 Å². The third kappa shape index (κ3) is 5.85. The molecule has 1 aromatic rings. The van der Waals surface area contributed by atoms with E-state index in [-0.39, 0.29) is 25.3 Å². The summed E-state index contributed by atoms with van der Waals surface area (Å²) in [4.78, 5) is 13.7. The molecule has 0 saturated heterocycles. The average molecular weight is 298 g/mol. The van der Waals surface area contributed by atoms with Crippen LogP contribution in [0, 0.1) is 22.7 Å². The lowest BCUT2D eigenvalue weighted by Gasteiger charge is -2.21. The van der Waals surface area contributed by atoms with Crippen LogP contribution in [0.15, 0.2) is 24.3 Å². The molecule has 0 aliphatic rings. The molecule has 1 rings (SSSR count). The summed E-state index contributed by atoms with van der Waals surface area (Å²) in [6.07, 6.45) is 0.556. The van der Waals surface area contributed by atoms with Crippen molar-refractivity contribution in [3.63, 3.8) is 0 Å². The summed E-state index contributed by atoms with van der Waals surface area (Å²) >= 11 is 0. The first-order valence-corrected chi connectivity index (χ1v) is 7.44. The van der Waals surface area contributed by atoms with Crippen molar-refractivity contribution < 1.29 is 4.79 Å². The van der Waals surface area contributed by atoms with Gasteiger partial charge in [-0.3, -0.25) is 4.79 Å². The van der Waals surface area contributed by atoms with Gasteiger partial charge >= 0.3 is 0 Å². The first-order valence-electron chi connectivity index (χ1n) is 7.44. The Hall–Kier alpha value is -2.53. The van der Waals surface area contributed by atoms with Crippen LogP contribution in [-0.4, -0.2) is 30.4 Å². The predicted molar refractivity (Wildman–Crippen MR) is 86.1 cm³/mol. The van der Waals surface area contributed by atoms with E-state index in [1.54, 1.807) is 4.90 Å². The zero-order valence-corrected chi connectivity index (χ0v) is 13.2. The maximum Gasteiger partial charge on any atom is 0.241 e. The number of rotatable bonds is 8. The molecule has 0 unspecified atom stereocenters. The number of carbonyl (C=O) groups is 1. The number of carbonyl (C=O) groups excluding carboxylic acids is 1. The molecule has 0 radical (unpaired) electrons. The van der Waals surface area contributed by atoms with Gasteiger partial charge in [-0.1, -0.05) is 26.0 Å². The highest BCUT2D eigenvalue weighted by atomic mass is 16.2. The first kappa shape index (κ1) is 17.5. The Labute approximate surface area is 132 Å². The van der Waals surface area contributed by atoms with Gasteiger partial charge in [0.05, 0.1) is 31.5 Å². The zero-order chi connectivity index (χ0) is 16.4. The van der Waals surface area contributed by atoms with Gasteiger partial charge in [0.15, 0.2) is 0 Å². The molecule has 0 spiro atoms. The van der Waals surface area contributed by atoms with Crippen LogP contribution in [0.5, 0.6) is 0 Å². The topological polar surface area (TPSA) is 79.9 Å². The van der Waals surface area contributed by atoms with E-state index >= 15 is 0 Å². The number of anilines is 1. The van der Waals surface area contributed by atoms with Gasteiger partial charge in [-0.05, 0) is 23.6 Å². The summed E-state index contributed by atoms with van der Waals surface area (Å²) in [5.41, 5.74) is 2.14. The first-order chi connectivity index (χ1) is 10.6. The molecule has 0 aliphatic carbocycles. The van der Waals surface area contributed by atoms with Gasteiger partial charge in [0.2, 0.25) is 5.91 Å². The maximum absolute atomic E-state index is 12.1. The highest BCUT2D eigenvalue weighted by Crippen LogP contribution is 2.16. The number of amides is 1. The SMILES string of the molecule is CC(C)c1ccc(NCC(=O)N(CCC#N)CCC#N)cc1. The number of hydrogen-bond donors (Lipinski definition) is 1. The summed E-state index contributed by atoms with van der Waals surface area (Å²) in [5.74, 6) is 0.376. The van der Waals surface area contributed by atoms with E-state index in [0.717, 1.165) is 5.69 Å². The van der Waals surface area contributed by atoms with Crippen LogP contribution < -0.4 is 5.32 Å². The third-order valence-electron chi connectivity index (χ3n) is 3.36. The minimum Gasteiger partial charge on any atom is -0.376 e. The standard InChI is InChI=1S/C17H22N4O/c1-14(2)15-5-7-16(8-6-15)20-13-17(22)21(11-3-9-18)12-4-10-19/h5-8,14,20H,3-4,11-13H2,1-2H3. The minimum absolute atomic E-state index is 0.0987. The van der Waals surface area contributed by atoms with E-state index in [1.807, 2.05) is 36.4 Å². The molecule has 0 aliphatic heterocycles. The molecular formula is C17H22N4O. The van der Waals surface area contributed by atoms with Gasteiger partial charge in [0.25, 0.3) is 0 Å². The average Bonchev–Trinajstić information content (AvgIpc) is 2.53. The van der Waals surface area contributed by atoms with Gasteiger partial charge < -0.3 is 10.2 Å². The summed E-state index contributed by atoms with van der Waals surface area (Å²) < 4.78 is 0. The second kappa shape index (κ2) is 9.41. The smallest absolute Gasteiger partial charge is 0.241 e. The summed E-state index contributed by atoms with van der Waals surface area (Å²) in [6.45, 7) is 5.16. The highest BCUT2D eigenvalue weighted by Gasteiger charge is 2.12. The Kier molecular flexibility index (Phi) is 7.50. The van der Waals surface area contributed by atoms with E-state index in [9.17, 15) is 4.79 Å². The monoisotopic (exact) mass is 298 g/mol. The number of hydrogen-bond acceptors (Lipinski definition) is 4. The Morgan fingerprint density at radius 1 is 1.14 bits per heavy atom. The van der Waals surface area contributed by atoms with Gasteiger partial charge in [-0.25, -0.2) is 0 Å². The molecule has 0 heterocycles. The molecule has 1 N–H and O–H groups in total. The molecule has 0 atom stereocenters. The number of nitrogens with one attached hydrogen (secondary N) is 1. The fourth-order valence-corrected chi connectivity index (χ4v) is 2.01. The lowest BCUT2D eigenvalue weighted by Crippen LogP contribution is -2.36. The molecular weight excluding hydrogens is 276 g/mol. The predicted octanol–water partition coefficient (Wildman–Crippen LogP) is 2.88. The van der Waals surface area contributed by atoms with Gasteiger partial charge in [0.1, 0.15) is 0 Å². The largest absolute Gasteiger partial charge is 0.376 e. The van der Waals surface area contributed by atoms with E-state index in [4.69, 9.17) is 10.5 Å². The maximum atomic E-state index is 12.1. The van der Waals surface area contributed by atoms with E-state index in [0.29, 0.717) is 19.0 Å². The van der Waals surface area contributed by atoms with Crippen molar-refractivity contribution in [2.75, 3.05) is 25.0 Å². The van der Waals surface area contributed by atoms with Crippen LogP contribution in [0.25, 0.3) is 0 Å².